The van der Waals surface area contributed by atoms with Crippen molar-refractivity contribution < 1.29 is 27.1 Å². The zero-order chi connectivity index (χ0) is 13.5. The molecule has 0 aromatic carbocycles. The SMILES string of the molecule is COC(=O)c1nn2ccc(C(F)(F)F)nc2c1F. The van der Waals surface area contributed by atoms with Crippen LogP contribution in [0.3, 0.4) is 0 Å². The van der Waals surface area contributed by atoms with Crippen LogP contribution in [0.4, 0.5) is 17.6 Å². The number of alkyl halides is 3. The number of halogens is 4. The van der Waals surface area contributed by atoms with Gasteiger partial charge in [0, 0.05) is 6.20 Å². The molecule has 0 N–H and O–H groups in total. The lowest BCUT2D eigenvalue weighted by atomic mass is 10.4. The number of nitrogens with zero attached hydrogens (tertiary/aromatic N) is 3. The van der Waals surface area contributed by atoms with Crippen LogP contribution in [0.1, 0.15) is 16.2 Å². The Balaban J connectivity index is 2.64. The van der Waals surface area contributed by atoms with Gasteiger partial charge in [0.15, 0.2) is 5.65 Å². The van der Waals surface area contributed by atoms with Crippen molar-refractivity contribution in [1.82, 2.24) is 14.6 Å². The molecule has 0 amide bonds. The van der Waals surface area contributed by atoms with Crippen molar-refractivity contribution >= 4 is 11.6 Å². The molecule has 5 nitrogen and oxygen atoms in total. The standard InChI is InChI=1S/C9H5F4N3O2/c1-18-8(17)6-5(10)7-14-4(9(11,12)13)2-3-16(7)15-6/h2-3H,1H3. The van der Waals surface area contributed by atoms with E-state index in [1.807, 2.05) is 0 Å². The van der Waals surface area contributed by atoms with Gasteiger partial charge in [-0.15, -0.1) is 0 Å². The van der Waals surface area contributed by atoms with Crippen molar-refractivity contribution in [3.63, 3.8) is 0 Å². The summed E-state index contributed by atoms with van der Waals surface area (Å²) in [7, 11) is 1.00. The van der Waals surface area contributed by atoms with Gasteiger partial charge < -0.3 is 4.74 Å². The van der Waals surface area contributed by atoms with Crippen molar-refractivity contribution in [2.45, 2.75) is 6.18 Å². The van der Waals surface area contributed by atoms with Crippen LogP contribution < -0.4 is 0 Å². The number of ether oxygens (including phenoxy) is 1. The van der Waals surface area contributed by atoms with Crippen molar-refractivity contribution in [3.8, 4) is 0 Å². The maximum atomic E-state index is 13.6. The Morgan fingerprint density at radius 3 is 2.67 bits per heavy atom. The summed E-state index contributed by atoms with van der Waals surface area (Å²) in [5.41, 5.74) is -2.68. The van der Waals surface area contributed by atoms with Gasteiger partial charge in [0.2, 0.25) is 11.5 Å². The van der Waals surface area contributed by atoms with Crippen molar-refractivity contribution in [2.75, 3.05) is 7.11 Å². The van der Waals surface area contributed by atoms with Crippen LogP contribution >= 0.6 is 0 Å². The summed E-state index contributed by atoms with van der Waals surface area (Å²) >= 11 is 0. The van der Waals surface area contributed by atoms with Crippen molar-refractivity contribution in [2.24, 2.45) is 0 Å². The molecule has 0 unspecified atom stereocenters. The summed E-state index contributed by atoms with van der Waals surface area (Å²) in [5.74, 6) is -2.35. The minimum atomic E-state index is -4.70. The van der Waals surface area contributed by atoms with Crippen LogP contribution in [0.5, 0.6) is 0 Å². The molecule has 0 radical (unpaired) electrons. The molecular weight excluding hydrogens is 258 g/mol. The van der Waals surface area contributed by atoms with Crippen LogP contribution in [0.2, 0.25) is 0 Å². The van der Waals surface area contributed by atoms with Crippen molar-refractivity contribution in [3.05, 3.63) is 29.5 Å². The number of esters is 1. The van der Waals surface area contributed by atoms with E-state index in [0.717, 1.165) is 17.8 Å². The maximum Gasteiger partial charge on any atom is 0.433 e. The molecule has 0 fully saturated rings. The van der Waals surface area contributed by atoms with Crippen LogP contribution in [-0.2, 0) is 10.9 Å². The molecule has 0 spiro atoms. The Morgan fingerprint density at radius 1 is 1.44 bits per heavy atom. The molecule has 0 bridgehead atoms. The summed E-state index contributed by atoms with van der Waals surface area (Å²) in [4.78, 5) is 14.2. The predicted molar refractivity (Wildman–Crippen MR) is 49.3 cm³/mol. The fourth-order valence-electron chi connectivity index (χ4n) is 1.29. The lowest BCUT2D eigenvalue weighted by molar-refractivity contribution is -0.141. The van der Waals surface area contributed by atoms with Gasteiger partial charge in [0.05, 0.1) is 7.11 Å². The molecule has 2 aromatic heterocycles. The van der Waals surface area contributed by atoms with E-state index in [1.54, 1.807) is 0 Å². The maximum absolute atomic E-state index is 13.6. The number of fused-ring (bicyclic) bond motifs is 1. The second-order valence-electron chi connectivity index (χ2n) is 3.23. The molecule has 2 aromatic rings. The number of aromatic nitrogens is 3. The Morgan fingerprint density at radius 2 is 2.11 bits per heavy atom. The second kappa shape index (κ2) is 3.93. The first-order valence-electron chi connectivity index (χ1n) is 4.55. The zero-order valence-corrected chi connectivity index (χ0v) is 8.82. The Kier molecular flexibility index (Phi) is 2.68. The van der Waals surface area contributed by atoms with Gasteiger partial charge in [0.1, 0.15) is 5.69 Å². The minimum absolute atomic E-state index is 0.625. The number of methoxy groups -OCH3 is 1. The molecule has 96 valence electrons. The molecule has 0 aliphatic carbocycles. The number of rotatable bonds is 1. The normalized spacial score (nSPS) is 11.8. The Hall–Kier alpha value is -2.19. The first-order chi connectivity index (χ1) is 8.34. The van der Waals surface area contributed by atoms with Crippen LogP contribution in [0.25, 0.3) is 5.65 Å². The van der Waals surface area contributed by atoms with Gasteiger partial charge in [-0.1, -0.05) is 0 Å². The van der Waals surface area contributed by atoms with E-state index in [1.165, 1.54) is 0 Å². The van der Waals surface area contributed by atoms with E-state index >= 15 is 0 Å². The van der Waals surface area contributed by atoms with E-state index < -0.39 is 35.0 Å². The van der Waals surface area contributed by atoms with E-state index in [9.17, 15) is 22.4 Å². The lowest BCUT2D eigenvalue weighted by Gasteiger charge is -2.04. The van der Waals surface area contributed by atoms with Crippen LogP contribution in [0.15, 0.2) is 12.3 Å². The molecule has 0 atom stereocenters. The highest BCUT2D eigenvalue weighted by Crippen LogP contribution is 2.28. The summed E-state index contributed by atoms with van der Waals surface area (Å²) < 4.78 is 55.7. The first-order valence-corrected chi connectivity index (χ1v) is 4.55. The highest BCUT2D eigenvalue weighted by atomic mass is 19.4. The van der Waals surface area contributed by atoms with Gasteiger partial charge in [0.25, 0.3) is 0 Å². The van der Waals surface area contributed by atoms with Crippen LogP contribution in [0, 0.1) is 5.82 Å². The van der Waals surface area contributed by atoms with Gasteiger partial charge >= 0.3 is 12.1 Å². The summed E-state index contributed by atoms with van der Waals surface area (Å²) in [6.07, 6.45) is -3.84. The van der Waals surface area contributed by atoms with E-state index in [2.05, 4.69) is 14.8 Å². The predicted octanol–water partition coefficient (Wildman–Crippen LogP) is 1.67. The molecule has 2 heterocycles. The van der Waals surface area contributed by atoms with Gasteiger partial charge in [-0.25, -0.2) is 18.7 Å². The molecule has 0 aliphatic rings. The average molecular weight is 263 g/mol. The second-order valence-corrected chi connectivity index (χ2v) is 3.23. The minimum Gasteiger partial charge on any atom is -0.464 e. The molecule has 9 heteroatoms. The monoisotopic (exact) mass is 263 g/mol. The Labute approximate surface area is 97.0 Å². The smallest absolute Gasteiger partial charge is 0.433 e. The van der Waals surface area contributed by atoms with E-state index in [-0.39, 0.29) is 0 Å². The fraction of sp³-hybridized carbons (Fsp3) is 0.222. The van der Waals surface area contributed by atoms with E-state index in [0.29, 0.717) is 6.07 Å². The highest BCUT2D eigenvalue weighted by molar-refractivity contribution is 5.88. The zero-order valence-electron chi connectivity index (χ0n) is 8.82. The summed E-state index contributed by atoms with van der Waals surface area (Å²) in [6, 6.07) is 0.625. The third kappa shape index (κ3) is 1.87. The topological polar surface area (TPSA) is 56.5 Å². The quantitative estimate of drug-likeness (QED) is 0.580. The van der Waals surface area contributed by atoms with Gasteiger partial charge in [-0.3, -0.25) is 0 Å². The number of carbonyl (C=O) groups is 1. The largest absolute Gasteiger partial charge is 0.464 e. The molecule has 0 saturated carbocycles. The molecule has 0 aliphatic heterocycles. The number of hydrogen-bond acceptors (Lipinski definition) is 4. The van der Waals surface area contributed by atoms with Crippen LogP contribution in [-0.4, -0.2) is 27.7 Å². The fourth-order valence-corrected chi connectivity index (χ4v) is 1.29. The lowest BCUT2D eigenvalue weighted by Crippen LogP contribution is -2.09. The Bertz CT molecular complexity index is 620. The number of carbonyl (C=O) groups excluding carboxylic acids is 1. The molecule has 0 saturated heterocycles. The average Bonchev–Trinajstić information content (AvgIpc) is 2.64. The van der Waals surface area contributed by atoms with E-state index in [4.69, 9.17) is 0 Å². The van der Waals surface area contributed by atoms with Gasteiger partial charge in [-0.05, 0) is 6.07 Å². The van der Waals surface area contributed by atoms with Gasteiger partial charge in [-0.2, -0.15) is 18.3 Å². The first kappa shape index (κ1) is 12.3. The summed E-state index contributed by atoms with van der Waals surface area (Å²) in [5, 5.41) is 3.44. The van der Waals surface area contributed by atoms with Crippen molar-refractivity contribution in [1.29, 1.82) is 0 Å². The molecular formula is C9H5F4N3O2. The molecule has 2 rings (SSSR count). The summed E-state index contributed by atoms with van der Waals surface area (Å²) in [6.45, 7) is 0. The third-order valence-corrected chi connectivity index (χ3v) is 2.10. The molecule has 18 heavy (non-hydrogen) atoms. The number of hydrogen-bond donors (Lipinski definition) is 0. The highest BCUT2D eigenvalue weighted by Gasteiger charge is 2.33. The third-order valence-electron chi connectivity index (χ3n) is 2.10.